The molecule has 140 heavy (non-hydrogen) atoms. The first-order valence-electron chi connectivity index (χ1n) is 47.5. The monoisotopic (exact) mass is 1840 g/mol. The summed E-state index contributed by atoms with van der Waals surface area (Å²) in [6, 6.07) is 157. The third kappa shape index (κ3) is 23.1. The van der Waals surface area contributed by atoms with Crippen LogP contribution in [0.3, 0.4) is 0 Å². The Morgan fingerprint density at radius 3 is 0.757 bits per heavy atom. The van der Waals surface area contributed by atoms with Crippen molar-refractivity contribution in [2.75, 3.05) is 0 Å². The van der Waals surface area contributed by atoms with Crippen LogP contribution in [-0.2, 0) is 0 Å². The van der Waals surface area contributed by atoms with Gasteiger partial charge in [0.25, 0.3) is 0 Å². The number of hydrogen-bond donors (Lipinski definition) is 0. The Hall–Kier alpha value is -16.8. The highest BCUT2D eigenvalue weighted by Crippen LogP contribution is 2.39. The van der Waals surface area contributed by atoms with Crippen molar-refractivity contribution in [3.63, 3.8) is 0 Å². The maximum Gasteiger partial charge on any atom is 0.138 e. The standard InChI is InChI=1S/7C13H10O.C13H10S.4C7H8/c1-9-5-4-7-11-10-6-2-3-8-12(10)14-13(9)11;2*1-9-5-4-8-12-13(9)10-6-2-3-7-11(10)14-12;2*1-9-6-7-13-11(8-9)10-4-2-3-5-12(10)14-13;2*1-9-6-7-11-10-4-2-3-5-12(10)14-13(11)8-9;1-9-5-4-7-11-10-6-2-3-8-12(10)14-13(9)11;4*1-7-5-3-2-4-6-7/h8*2-8H,1H3;4*2-6H,1H3. The average Bonchev–Trinajstić information content (AvgIpc) is 1.63. The molecule has 8 heteroatoms. The van der Waals surface area contributed by atoms with Gasteiger partial charge in [-0.25, -0.2) is 0 Å². The Kier molecular flexibility index (Phi) is 30.7. The fourth-order valence-corrected chi connectivity index (χ4v) is 18.3. The molecule has 0 bridgehead atoms. The fourth-order valence-electron chi connectivity index (χ4n) is 17.2. The van der Waals surface area contributed by atoms with Crippen molar-refractivity contribution < 1.29 is 30.9 Å². The SMILES string of the molecule is Cc1ccc2c(c1)oc1ccccc12.Cc1ccc2c(c1)oc1ccccc12.Cc1ccc2oc3ccccc3c2c1.Cc1ccc2oc3ccccc3c2c1.Cc1cccc2c1oc1ccccc12.Cc1cccc2c1sc1ccccc12.Cc1cccc2oc3ccccc3c12.Cc1cccc2oc3ccccc3c12.Cc1ccccc1.Cc1ccccc1.Cc1ccccc1.Cc1ccccc1. The Morgan fingerprint density at radius 2 is 0.379 bits per heavy atom. The molecule has 0 radical (unpaired) electrons. The highest BCUT2D eigenvalue weighted by Gasteiger charge is 2.14. The molecule has 688 valence electrons. The maximum atomic E-state index is 5.78. The van der Waals surface area contributed by atoms with Crippen LogP contribution in [0, 0.1) is 83.1 Å². The zero-order valence-corrected chi connectivity index (χ0v) is 82.0. The molecule has 0 unspecified atom stereocenters. The van der Waals surface area contributed by atoms with Gasteiger partial charge < -0.3 is 30.9 Å². The molecule has 0 aliphatic heterocycles. The number of fused-ring (bicyclic) bond motifs is 24. The molecule has 0 N–H and O–H groups in total. The molecule has 28 rings (SSSR count). The van der Waals surface area contributed by atoms with E-state index in [1.807, 2.05) is 248 Å². The molecule has 0 aliphatic carbocycles. The summed E-state index contributed by atoms with van der Waals surface area (Å²) >= 11 is 1.89. The third-order valence-corrected chi connectivity index (χ3v) is 25.6. The fraction of sp³-hybridized carbons (Fsp3) is 0.0909. The molecule has 8 heterocycles. The number of hydrogen-bond acceptors (Lipinski definition) is 8. The van der Waals surface area contributed by atoms with E-state index in [1.54, 1.807) is 0 Å². The normalized spacial score (nSPS) is 10.7. The first-order valence-corrected chi connectivity index (χ1v) is 48.3. The largest absolute Gasteiger partial charge is 0.456 e. The quantitative estimate of drug-likeness (QED) is 0.149. The summed E-state index contributed by atoms with van der Waals surface area (Å²) in [6.07, 6.45) is 0. The topological polar surface area (TPSA) is 92.0 Å². The van der Waals surface area contributed by atoms with Crippen molar-refractivity contribution in [1.82, 2.24) is 0 Å². The molecular formula is C132H112O7S. The third-order valence-electron chi connectivity index (χ3n) is 24.3. The van der Waals surface area contributed by atoms with Gasteiger partial charge in [-0.2, -0.15) is 0 Å². The van der Waals surface area contributed by atoms with Gasteiger partial charge in [0.2, 0.25) is 0 Å². The molecule has 0 fully saturated rings. The van der Waals surface area contributed by atoms with Gasteiger partial charge in [-0.15, -0.1) is 11.3 Å². The Bertz CT molecular complexity index is 8320. The average molecular weight is 1840 g/mol. The van der Waals surface area contributed by atoms with Gasteiger partial charge >= 0.3 is 0 Å². The lowest BCUT2D eigenvalue weighted by molar-refractivity contribution is 0.665. The lowest BCUT2D eigenvalue weighted by Crippen LogP contribution is -1.72. The molecule has 20 aromatic carbocycles. The minimum absolute atomic E-state index is 0.966. The van der Waals surface area contributed by atoms with Crippen LogP contribution in [0.5, 0.6) is 0 Å². The van der Waals surface area contributed by atoms with Crippen LogP contribution in [0.25, 0.3) is 174 Å². The second-order valence-corrected chi connectivity index (χ2v) is 36.3. The molecule has 0 saturated heterocycles. The van der Waals surface area contributed by atoms with Gasteiger partial charge in [-0.3, -0.25) is 0 Å². The van der Waals surface area contributed by atoms with E-state index >= 15 is 0 Å². The molecule has 0 saturated carbocycles. The summed E-state index contributed by atoms with van der Waals surface area (Å²) in [5.41, 5.74) is 29.0. The molecule has 7 nitrogen and oxygen atoms in total. The zero-order chi connectivity index (χ0) is 96.8. The summed E-state index contributed by atoms with van der Waals surface area (Å²) < 4.78 is 42.9. The molecule has 8 aromatic heterocycles. The summed E-state index contributed by atoms with van der Waals surface area (Å²) in [5, 5.41) is 19.7. The number of thiophene rings is 1. The van der Waals surface area contributed by atoms with Crippen LogP contribution in [0.15, 0.2) is 492 Å². The van der Waals surface area contributed by atoms with Crippen LogP contribution in [0.4, 0.5) is 0 Å². The van der Waals surface area contributed by atoms with Crippen molar-refractivity contribution in [2.45, 2.75) is 83.1 Å². The first-order chi connectivity index (χ1) is 68.4. The lowest BCUT2D eigenvalue weighted by atomic mass is 10.1. The Morgan fingerprint density at radius 1 is 0.136 bits per heavy atom. The van der Waals surface area contributed by atoms with Crippen LogP contribution < -0.4 is 0 Å². The zero-order valence-electron chi connectivity index (χ0n) is 81.1. The van der Waals surface area contributed by atoms with Gasteiger partial charge in [0.05, 0.1) is 0 Å². The van der Waals surface area contributed by atoms with E-state index in [4.69, 9.17) is 30.9 Å². The van der Waals surface area contributed by atoms with Gasteiger partial charge in [0.1, 0.15) is 78.2 Å². The number of aryl methyl sites for hydroxylation is 12. The van der Waals surface area contributed by atoms with E-state index in [0.29, 0.717) is 0 Å². The van der Waals surface area contributed by atoms with E-state index in [-0.39, 0.29) is 0 Å². The van der Waals surface area contributed by atoms with Crippen LogP contribution in [-0.4, -0.2) is 0 Å². The summed E-state index contributed by atoms with van der Waals surface area (Å²) in [7, 11) is 0. The van der Waals surface area contributed by atoms with E-state index in [2.05, 4.69) is 308 Å². The van der Waals surface area contributed by atoms with Gasteiger partial charge in [-0.05, 0) is 214 Å². The molecular weight excluding hydrogens is 1730 g/mol. The van der Waals surface area contributed by atoms with Crippen molar-refractivity contribution in [3.8, 4) is 0 Å². The number of para-hydroxylation sites is 8. The summed E-state index contributed by atoms with van der Waals surface area (Å²) in [6.45, 7) is 25.2. The van der Waals surface area contributed by atoms with Crippen molar-refractivity contribution >= 4 is 185 Å². The van der Waals surface area contributed by atoms with Crippen molar-refractivity contribution in [2.24, 2.45) is 0 Å². The Labute approximate surface area is 821 Å². The van der Waals surface area contributed by atoms with Gasteiger partial charge in [-0.1, -0.05) is 397 Å². The van der Waals surface area contributed by atoms with Crippen LogP contribution in [0.2, 0.25) is 0 Å². The molecule has 0 atom stereocenters. The smallest absolute Gasteiger partial charge is 0.138 e. The molecule has 0 amide bonds. The Balaban J connectivity index is 0.000000106. The van der Waals surface area contributed by atoms with Gasteiger partial charge in [0.15, 0.2) is 0 Å². The summed E-state index contributed by atoms with van der Waals surface area (Å²) in [4.78, 5) is 0. The minimum Gasteiger partial charge on any atom is -0.456 e. The van der Waals surface area contributed by atoms with E-state index in [1.165, 1.54) is 162 Å². The highest BCUT2D eigenvalue weighted by atomic mass is 32.1. The van der Waals surface area contributed by atoms with E-state index < -0.39 is 0 Å². The number of furan rings is 7. The van der Waals surface area contributed by atoms with Crippen LogP contribution >= 0.6 is 11.3 Å². The van der Waals surface area contributed by atoms with Crippen molar-refractivity contribution in [3.05, 3.63) is 528 Å². The van der Waals surface area contributed by atoms with E-state index in [9.17, 15) is 0 Å². The summed E-state index contributed by atoms with van der Waals surface area (Å²) in [5.74, 6) is 0. The van der Waals surface area contributed by atoms with Crippen LogP contribution in [0.1, 0.15) is 66.8 Å². The first kappa shape index (κ1) is 95.0. The molecule has 28 aromatic rings. The molecule has 0 spiro atoms. The minimum atomic E-state index is 0.966. The highest BCUT2D eigenvalue weighted by molar-refractivity contribution is 7.26. The molecule has 0 aliphatic rings. The second kappa shape index (κ2) is 45.3. The number of benzene rings is 20. The predicted octanol–water partition coefficient (Wildman–Crippen LogP) is 39.6. The second-order valence-electron chi connectivity index (χ2n) is 35.2. The lowest BCUT2D eigenvalue weighted by Gasteiger charge is -1.93. The predicted molar refractivity (Wildman–Crippen MR) is 598 cm³/mol. The maximum absolute atomic E-state index is 5.78. The van der Waals surface area contributed by atoms with Gasteiger partial charge in [0, 0.05) is 95.6 Å². The van der Waals surface area contributed by atoms with E-state index in [0.717, 1.165) is 78.2 Å². The van der Waals surface area contributed by atoms with Crippen molar-refractivity contribution in [1.29, 1.82) is 0 Å². The number of rotatable bonds is 0.